The van der Waals surface area contributed by atoms with Gasteiger partial charge >= 0.3 is 0 Å². The molecule has 0 aliphatic rings. The van der Waals surface area contributed by atoms with Crippen LogP contribution in [0, 0.1) is 0 Å². The molecule has 0 aliphatic carbocycles. The molecule has 3 nitrogen and oxygen atoms in total. The summed E-state index contributed by atoms with van der Waals surface area (Å²) in [7, 11) is 0. The number of aromatic nitrogens is 1. The first-order valence-corrected chi connectivity index (χ1v) is 7.41. The Balaban J connectivity index is 2.11. The summed E-state index contributed by atoms with van der Waals surface area (Å²) in [5, 5.41) is 3.38. The van der Waals surface area contributed by atoms with E-state index < -0.39 is 0 Å². The Labute approximate surface area is 121 Å². The van der Waals surface area contributed by atoms with Crippen molar-refractivity contribution < 1.29 is 4.42 Å². The summed E-state index contributed by atoms with van der Waals surface area (Å²) in [6, 6.07) is 8.66. The van der Waals surface area contributed by atoms with E-state index in [0.29, 0.717) is 5.92 Å². The summed E-state index contributed by atoms with van der Waals surface area (Å²) in [5.74, 6) is 2.13. The zero-order valence-corrected chi connectivity index (χ0v) is 12.8. The van der Waals surface area contributed by atoms with Crippen LogP contribution in [0.5, 0.6) is 0 Å². The second-order valence-corrected chi connectivity index (χ2v) is 5.52. The molecule has 1 N–H and O–H groups in total. The average molecular weight is 272 g/mol. The van der Waals surface area contributed by atoms with Gasteiger partial charge in [-0.3, -0.25) is 0 Å². The molecule has 0 amide bonds. The standard InChI is InChI=1S/C17H24N2O/c1-5-10-18-13(4)17-19-11-16(20-17)15-8-6-14(7-9-15)12(2)3/h6-9,11-13,18H,5,10H2,1-4H3. The Morgan fingerprint density at radius 1 is 1.15 bits per heavy atom. The van der Waals surface area contributed by atoms with Crippen LogP contribution >= 0.6 is 0 Å². The predicted octanol–water partition coefficient (Wildman–Crippen LogP) is 4.53. The van der Waals surface area contributed by atoms with Crippen molar-refractivity contribution in [2.24, 2.45) is 0 Å². The molecule has 0 bridgehead atoms. The maximum absolute atomic E-state index is 5.86. The van der Waals surface area contributed by atoms with Crippen LogP contribution in [0.1, 0.15) is 57.5 Å². The molecule has 1 aromatic carbocycles. The fourth-order valence-electron chi connectivity index (χ4n) is 2.10. The Morgan fingerprint density at radius 3 is 2.45 bits per heavy atom. The quantitative estimate of drug-likeness (QED) is 0.839. The highest BCUT2D eigenvalue weighted by atomic mass is 16.4. The minimum atomic E-state index is 0.152. The van der Waals surface area contributed by atoms with Gasteiger partial charge in [-0.25, -0.2) is 4.98 Å². The Hall–Kier alpha value is -1.61. The van der Waals surface area contributed by atoms with Crippen LogP contribution < -0.4 is 5.32 Å². The largest absolute Gasteiger partial charge is 0.439 e. The van der Waals surface area contributed by atoms with Crippen molar-refractivity contribution in [3.05, 3.63) is 41.9 Å². The van der Waals surface area contributed by atoms with E-state index in [1.807, 2.05) is 6.20 Å². The number of oxazole rings is 1. The van der Waals surface area contributed by atoms with Crippen LogP contribution in [0.2, 0.25) is 0 Å². The number of benzene rings is 1. The first kappa shape index (κ1) is 14.8. The van der Waals surface area contributed by atoms with E-state index in [1.54, 1.807) is 0 Å². The summed E-state index contributed by atoms with van der Waals surface area (Å²) in [6.07, 6.45) is 2.92. The zero-order chi connectivity index (χ0) is 14.5. The van der Waals surface area contributed by atoms with Gasteiger partial charge in [0.2, 0.25) is 5.89 Å². The molecular formula is C17H24N2O. The van der Waals surface area contributed by atoms with Crippen molar-refractivity contribution >= 4 is 0 Å². The molecule has 3 heteroatoms. The lowest BCUT2D eigenvalue weighted by molar-refractivity contribution is 0.423. The lowest BCUT2D eigenvalue weighted by Gasteiger charge is -2.08. The third-order valence-electron chi connectivity index (χ3n) is 3.46. The smallest absolute Gasteiger partial charge is 0.211 e. The van der Waals surface area contributed by atoms with Gasteiger partial charge in [-0.2, -0.15) is 0 Å². The van der Waals surface area contributed by atoms with E-state index in [0.717, 1.165) is 30.2 Å². The highest BCUT2D eigenvalue weighted by Gasteiger charge is 2.12. The normalized spacial score (nSPS) is 12.8. The fourth-order valence-corrected chi connectivity index (χ4v) is 2.10. The molecule has 1 atom stereocenters. The molecule has 0 radical (unpaired) electrons. The summed E-state index contributed by atoms with van der Waals surface area (Å²) in [6.45, 7) is 9.59. The molecule has 0 spiro atoms. The summed E-state index contributed by atoms with van der Waals surface area (Å²) < 4.78 is 5.86. The predicted molar refractivity (Wildman–Crippen MR) is 82.7 cm³/mol. The maximum Gasteiger partial charge on any atom is 0.211 e. The van der Waals surface area contributed by atoms with Gasteiger partial charge in [0.25, 0.3) is 0 Å². The molecule has 108 valence electrons. The summed E-state index contributed by atoms with van der Waals surface area (Å²) in [5.41, 5.74) is 2.42. The van der Waals surface area contributed by atoms with Gasteiger partial charge in [0.05, 0.1) is 12.2 Å². The topological polar surface area (TPSA) is 38.1 Å². The molecule has 2 aromatic rings. The fraction of sp³-hybridized carbons (Fsp3) is 0.471. The van der Waals surface area contributed by atoms with Gasteiger partial charge < -0.3 is 9.73 Å². The molecule has 1 aromatic heterocycles. The molecule has 20 heavy (non-hydrogen) atoms. The molecule has 2 rings (SSSR count). The Kier molecular flexibility index (Phi) is 4.96. The van der Waals surface area contributed by atoms with Crippen molar-refractivity contribution in [1.29, 1.82) is 0 Å². The van der Waals surface area contributed by atoms with E-state index in [1.165, 1.54) is 5.56 Å². The van der Waals surface area contributed by atoms with E-state index in [9.17, 15) is 0 Å². The molecule has 1 unspecified atom stereocenters. The summed E-state index contributed by atoms with van der Waals surface area (Å²) >= 11 is 0. The average Bonchev–Trinajstić information content (AvgIpc) is 2.94. The number of rotatable bonds is 6. The second kappa shape index (κ2) is 6.71. The van der Waals surface area contributed by atoms with Crippen molar-refractivity contribution in [3.8, 4) is 11.3 Å². The van der Waals surface area contributed by atoms with E-state index >= 15 is 0 Å². The SMILES string of the molecule is CCCNC(C)c1ncc(-c2ccc(C(C)C)cc2)o1. The molecule has 0 fully saturated rings. The maximum atomic E-state index is 5.86. The molecule has 1 heterocycles. The van der Waals surface area contributed by atoms with E-state index in [-0.39, 0.29) is 6.04 Å². The van der Waals surface area contributed by atoms with Crippen molar-refractivity contribution in [2.45, 2.75) is 46.1 Å². The van der Waals surface area contributed by atoms with Gasteiger partial charge in [0, 0.05) is 5.56 Å². The highest BCUT2D eigenvalue weighted by molar-refractivity contribution is 5.56. The molecule has 0 aliphatic heterocycles. The van der Waals surface area contributed by atoms with Crippen LogP contribution in [0.15, 0.2) is 34.9 Å². The number of nitrogens with one attached hydrogen (secondary N) is 1. The van der Waals surface area contributed by atoms with Gasteiger partial charge in [0.1, 0.15) is 0 Å². The molecular weight excluding hydrogens is 248 g/mol. The third kappa shape index (κ3) is 3.48. The Morgan fingerprint density at radius 2 is 1.85 bits per heavy atom. The van der Waals surface area contributed by atoms with Crippen LogP contribution in [-0.2, 0) is 0 Å². The lowest BCUT2D eigenvalue weighted by Crippen LogP contribution is -2.19. The summed E-state index contributed by atoms with van der Waals surface area (Å²) in [4.78, 5) is 4.37. The second-order valence-electron chi connectivity index (χ2n) is 5.52. The van der Waals surface area contributed by atoms with Crippen molar-refractivity contribution in [2.75, 3.05) is 6.54 Å². The highest BCUT2D eigenvalue weighted by Crippen LogP contribution is 2.25. The van der Waals surface area contributed by atoms with Crippen molar-refractivity contribution in [3.63, 3.8) is 0 Å². The van der Waals surface area contributed by atoms with Crippen LogP contribution in [0.25, 0.3) is 11.3 Å². The van der Waals surface area contributed by atoms with Crippen LogP contribution in [0.4, 0.5) is 0 Å². The number of hydrogen-bond acceptors (Lipinski definition) is 3. The van der Waals surface area contributed by atoms with Gasteiger partial charge in [-0.15, -0.1) is 0 Å². The third-order valence-corrected chi connectivity index (χ3v) is 3.46. The Bertz CT molecular complexity index is 528. The first-order chi connectivity index (χ1) is 9.61. The van der Waals surface area contributed by atoms with Crippen LogP contribution in [-0.4, -0.2) is 11.5 Å². The minimum absolute atomic E-state index is 0.152. The van der Waals surface area contributed by atoms with Gasteiger partial charge in [0.15, 0.2) is 5.76 Å². The van der Waals surface area contributed by atoms with Gasteiger partial charge in [-0.05, 0) is 31.4 Å². The number of hydrogen-bond donors (Lipinski definition) is 1. The molecule has 0 saturated carbocycles. The first-order valence-electron chi connectivity index (χ1n) is 7.41. The minimum Gasteiger partial charge on any atom is -0.439 e. The van der Waals surface area contributed by atoms with E-state index in [4.69, 9.17) is 4.42 Å². The van der Waals surface area contributed by atoms with Crippen LogP contribution in [0.3, 0.4) is 0 Å². The number of nitrogens with zero attached hydrogens (tertiary/aromatic N) is 1. The van der Waals surface area contributed by atoms with Gasteiger partial charge in [-0.1, -0.05) is 45.0 Å². The van der Waals surface area contributed by atoms with Crippen molar-refractivity contribution in [1.82, 2.24) is 10.3 Å². The van der Waals surface area contributed by atoms with E-state index in [2.05, 4.69) is 62.3 Å². The monoisotopic (exact) mass is 272 g/mol. The molecule has 0 saturated heterocycles. The zero-order valence-electron chi connectivity index (χ0n) is 12.8. The lowest BCUT2D eigenvalue weighted by atomic mass is 10.0.